The Bertz CT molecular complexity index is 874. The van der Waals surface area contributed by atoms with Gasteiger partial charge in [-0.15, -0.1) is 0 Å². The molecule has 3 N–H and O–H groups in total. The summed E-state index contributed by atoms with van der Waals surface area (Å²) < 4.78 is 5.14. The SMILES string of the molecule is COc1ccc(-c2cc(C(=O)NCCNc3cc(C)ccn3)[nH]n2)cc1. The molecule has 3 rings (SSSR count). The van der Waals surface area contributed by atoms with E-state index in [1.165, 1.54) is 0 Å². The first kappa shape index (κ1) is 17.5. The number of pyridine rings is 1. The molecule has 1 aromatic carbocycles. The van der Waals surface area contributed by atoms with Crippen molar-refractivity contribution in [3.8, 4) is 17.0 Å². The van der Waals surface area contributed by atoms with Gasteiger partial charge in [0.2, 0.25) is 0 Å². The van der Waals surface area contributed by atoms with Crippen LogP contribution in [0.15, 0.2) is 48.7 Å². The number of ether oxygens (including phenoxy) is 1. The van der Waals surface area contributed by atoms with E-state index >= 15 is 0 Å². The second-order valence-corrected chi connectivity index (χ2v) is 5.80. The second-order valence-electron chi connectivity index (χ2n) is 5.80. The number of hydrogen-bond donors (Lipinski definition) is 3. The highest BCUT2D eigenvalue weighted by Gasteiger charge is 2.10. The van der Waals surface area contributed by atoms with Crippen molar-refractivity contribution in [3.05, 3.63) is 59.9 Å². The zero-order chi connectivity index (χ0) is 18.4. The summed E-state index contributed by atoms with van der Waals surface area (Å²) in [5.74, 6) is 1.37. The van der Waals surface area contributed by atoms with E-state index in [4.69, 9.17) is 4.74 Å². The number of rotatable bonds is 7. The summed E-state index contributed by atoms with van der Waals surface area (Å²) in [4.78, 5) is 16.4. The number of benzene rings is 1. The van der Waals surface area contributed by atoms with Crippen molar-refractivity contribution in [1.29, 1.82) is 0 Å². The number of aromatic amines is 1. The molecule has 1 amide bonds. The number of aromatic nitrogens is 3. The summed E-state index contributed by atoms with van der Waals surface area (Å²) >= 11 is 0. The molecule has 0 saturated carbocycles. The first-order valence-corrected chi connectivity index (χ1v) is 8.30. The highest BCUT2D eigenvalue weighted by atomic mass is 16.5. The van der Waals surface area contributed by atoms with Crippen molar-refractivity contribution in [1.82, 2.24) is 20.5 Å². The quantitative estimate of drug-likeness (QED) is 0.569. The number of nitrogens with one attached hydrogen (secondary N) is 3. The molecule has 0 radical (unpaired) electrons. The van der Waals surface area contributed by atoms with Crippen molar-refractivity contribution in [3.63, 3.8) is 0 Å². The minimum atomic E-state index is -0.198. The first-order valence-electron chi connectivity index (χ1n) is 8.30. The van der Waals surface area contributed by atoms with E-state index in [1.807, 2.05) is 43.3 Å². The number of hydrogen-bond acceptors (Lipinski definition) is 5. The van der Waals surface area contributed by atoms with Crippen molar-refractivity contribution in [2.75, 3.05) is 25.5 Å². The normalized spacial score (nSPS) is 10.4. The molecule has 2 heterocycles. The van der Waals surface area contributed by atoms with Gasteiger partial charge in [0, 0.05) is 24.8 Å². The predicted molar refractivity (Wildman–Crippen MR) is 100 cm³/mol. The molecule has 2 aromatic heterocycles. The van der Waals surface area contributed by atoms with E-state index in [-0.39, 0.29) is 5.91 Å². The maximum Gasteiger partial charge on any atom is 0.269 e. The average molecular weight is 351 g/mol. The molecule has 7 nitrogen and oxygen atoms in total. The predicted octanol–water partition coefficient (Wildman–Crippen LogP) is 2.63. The smallest absolute Gasteiger partial charge is 0.269 e. The van der Waals surface area contributed by atoms with Crippen LogP contribution in [0.25, 0.3) is 11.3 Å². The van der Waals surface area contributed by atoms with Crippen LogP contribution in [-0.2, 0) is 0 Å². The van der Waals surface area contributed by atoms with E-state index in [0.717, 1.165) is 22.7 Å². The van der Waals surface area contributed by atoms with Crippen LogP contribution >= 0.6 is 0 Å². The van der Waals surface area contributed by atoms with Gasteiger partial charge in [-0.2, -0.15) is 5.10 Å². The van der Waals surface area contributed by atoms with Gasteiger partial charge < -0.3 is 15.4 Å². The molecule has 0 bridgehead atoms. The summed E-state index contributed by atoms with van der Waals surface area (Å²) in [7, 11) is 1.62. The van der Waals surface area contributed by atoms with E-state index in [0.29, 0.717) is 24.5 Å². The lowest BCUT2D eigenvalue weighted by Crippen LogP contribution is -2.29. The summed E-state index contributed by atoms with van der Waals surface area (Å²) in [5.41, 5.74) is 3.17. The Morgan fingerprint density at radius 3 is 2.69 bits per heavy atom. The standard InChI is InChI=1S/C19H21N5O2/c1-13-7-8-20-18(11-13)21-9-10-22-19(25)17-12-16(23-24-17)14-3-5-15(26-2)6-4-14/h3-8,11-12H,9-10H2,1-2H3,(H,20,21)(H,22,25)(H,23,24). The minimum absolute atomic E-state index is 0.198. The topological polar surface area (TPSA) is 91.9 Å². The van der Waals surface area contributed by atoms with Gasteiger partial charge in [-0.1, -0.05) is 0 Å². The number of amides is 1. The van der Waals surface area contributed by atoms with Gasteiger partial charge in [0.15, 0.2) is 0 Å². The number of nitrogens with zero attached hydrogens (tertiary/aromatic N) is 2. The number of carbonyl (C=O) groups excluding carboxylic acids is 1. The number of anilines is 1. The summed E-state index contributed by atoms with van der Waals surface area (Å²) in [6.07, 6.45) is 1.75. The van der Waals surface area contributed by atoms with Crippen LogP contribution in [0.2, 0.25) is 0 Å². The molecule has 134 valence electrons. The fourth-order valence-corrected chi connectivity index (χ4v) is 2.44. The van der Waals surface area contributed by atoms with Gasteiger partial charge in [0.1, 0.15) is 17.3 Å². The number of aryl methyl sites for hydroxylation is 1. The molecular weight excluding hydrogens is 330 g/mol. The summed E-state index contributed by atoms with van der Waals surface area (Å²) in [6.45, 7) is 3.07. The Hall–Kier alpha value is -3.35. The molecule has 0 aliphatic carbocycles. The van der Waals surface area contributed by atoms with Crippen molar-refractivity contribution in [2.24, 2.45) is 0 Å². The van der Waals surface area contributed by atoms with E-state index in [2.05, 4.69) is 25.8 Å². The zero-order valence-corrected chi connectivity index (χ0v) is 14.7. The molecule has 3 aromatic rings. The molecule has 0 atom stereocenters. The van der Waals surface area contributed by atoms with Gasteiger partial charge >= 0.3 is 0 Å². The summed E-state index contributed by atoms with van der Waals surface area (Å²) in [5, 5.41) is 13.0. The van der Waals surface area contributed by atoms with Gasteiger partial charge in [-0.3, -0.25) is 9.89 Å². The van der Waals surface area contributed by atoms with Crippen LogP contribution in [0.3, 0.4) is 0 Å². The van der Waals surface area contributed by atoms with Crippen LogP contribution < -0.4 is 15.4 Å². The van der Waals surface area contributed by atoms with E-state index < -0.39 is 0 Å². The lowest BCUT2D eigenvalue weighted by Gasteiger charge is -2.07. The Labute approximate surface area is 151 Å². The Morgan fingerprint density at radius 2 is 1.96 bits per heavy atom. The third-order valence-electron chi connectivity index (χ3n) is 3.84. The van der Waals surface area contributed by atoms with Crippen LogP contribution in [0.5, 0.6) is 5.75 Å². The number of H-pyrrole nitrogens is 1. The van der Waals surface area contributed by atoms with E-state index in [1.54, 1.807) is 19.4 Å². The highest BCUT2D eigenvalue weighted by molar-refractivity contribution is 5.93. The van der Waals surface area contributed by atoms with Crippen molar-refractivity contribution >= 4 is 11.7 Å². The molecule has 0 aliphatic rings. The first-order chi connectivity index (χ1) is 12.7. The van der Waals surface area contributed by atoms with Crippen LogP contribution in [0.1, 0.15) is 16.1 Å². The molecule has 0 fully saturated rings. The van der Waals surface area contributed by atoms with Gasteiger partial charge in [-0.05, 0) is 55.0 Å². The average Bonchev–Trinajstić information content (AvgIpc) is 3.15. The molecule has 0 saturated heterocycles. The Morgan fingerprint density at radius 1 is 1.15 bits per heavy atom. The molecule has 7 heteroatoms. The molecule has 0 aliphatic heterocycles. The third-order valence-corrected chi connectivity index (χ3v) is 3.84. The maximum absolute atomic E-state index is 12.2. The van der Waals surface area contributed by atoms with Crippen LogP contribution in [-0.4, -0.2) is 41.3 Å². The maximum atomic E-state index is 12.2. The van der Waals surface area contributed by atoms with Crippen molar-refractivity contribution in [2.45, 2.75) is 6.92 Å². The van der Waals surface area contributed by atoms with Gasteiger partial charge in [-0.25, -0.2) is 4.98 Å². The lowest BCUT2D eigenvalue weighted by molar-refractivity contribution is 0.0950. The monoisotopic (exact) mass is 351 g/mol. The van der Waals surface area contributed by atoms with E-state index in [9.17, 15) is 4.79 Å². The summed E-state index contributed by atoms with van der Waals surface area (Å²) in [6, 6.07) is 13.1. The lowest BCUT2D eigenvalue weighted by atomic mass is 10.1. The van der Waals surface area contributed by atoms with Crippen LogP contribution in [0.4, 0.5) is 5.82 Å². The second kappa shape index (κ2) is 8.15. The van der Waals surface area contributed by atoms with Crippen LogP contribution in [0, 0.1) is 6.92 Å². The molecule has 26 heavy (non-hydrogen) atoms. The fourth-order valence-electron chi connectivity index (χ4n) is 2.44. The zero-order valence-electron chi connectivity index (χ0n) is 14.7. The fraction of sp³-hybridized carbons (Fsp3) is 0.211. The van der Waals surface area contributed by atoms with Crippen molar-refractivity contribution < 1.29 is 9.53 Å². The van der Waals surface area contributed by atoms with Gasteiger partial charge in [0.05, 0.1) is 12.8 Å². The largest absolute Gasteiger partial charge is 0.497 e. The Balaban J connectivity index is 1.51. The Kier molecular flexibility index (Phi) is 5.48. The molecular formula is C19H21N5O2. The van der Waals surface area contributed by atoms with Gasteiger partial charge in [0.25, 0.3) is 5.91 Å². The molecule has 0 unspecified atom stereocenters. The number of methoxy groups -OCH3 is 1. The molecule has 0 spiro atoms. The third kappa shape index (κ3) is 4.38. The minimum Gasteiger partial charge on any atom is -0.497 e. The highest BCUT2D eigenvalue weighted by Crippen LogP contribution is 2.21. The number of carbonyl (C=O) groups is 1.